The second kappa shape index (κ2) is 5.50. The number of halogens is 2. The predicted molar refractivity (Wildman–Crippen MR) is 81.7 cm³/mol. The van der Waals surface area contributed by atoms with Crippen molar-refractivity contribution in [2.45, 2.75) is 19.3 Å². The Morgan fingerprint density at radius 2 is 1.95 bits per heavy atom. The van der Waals surface area contributed by atoms with Crippen molar-refractivity contribution in [3.63, 3.8) is 0 Å². The highest BCUT2D eigenvalue weighted by molar-refractivity contribution is 6.43. The number of hydrogen-bond donors (Lipinski definition) is 1. The first kappa shape index (κ1) is 14.7. The molecule has 1 aromatic carbocycles. The lowest BCUT2D eigenvalue weighted by Gasteiger charge is -2.38. The third kappa shape index (κ3) is 2.74. The van der Waals surface area contributed by atoms with Crippen molar-refractivity contribution >= 4 is 35.0 Å². The molecule has 2 amide bonds. The molecule has 0 atom stereocenters. The normalized spacial score (nSPS) is 20.7. The number of amides is 2. The van der Waals surface area contributed by atoms with Gasteiger partial charge in [0.2, 0.25) is 5.91 Å². The lowest BCUT2D eigenvalue weighted by molar-refractivity contribution is -0.119. The van der Waals surface area contributed by atoms with E-state index < -0.39 is 0 Å². The molecule has 0 aromatic heterocycles. The summed E-state index contributed by atoms with van der Waals surface area (Å²) in [4.78, 5) is 25.7. The van der Waals surface area contributed by atoms with E-state index in [1.54, 1.807) is 23.1 Å². The van der Waals surface area contributed by atoms with E-state index in [9.17, 15) is 9.59 Å². The molecule has 1 aromatic rings. The number of nitrogens with zero attached hydrogens (tertiary/aromatic N) is 1. The van der Waals surface area contributed by atoms with E-state index in [0.717, 1.165) is 19.4 Å². The number of nitrogens with one attached hydrogen (secondary N) is 1. The van der Waals surface area contributed by atoms with Gasteiger partial charge < -0.3 is 10.2 Å². The summed E-state index contributed by atoms with van der Waals surface area (Å²) in [6.45, 7) is 2.03. The van der Waals surface area contributed by atoms with Crippen LogP contribution in [0.1, 0.15) is 29.6 Å². The third-order valence-corrected chi connectivity index (χ3v) is 5.31. The fourth-order valence-electron chi connectivity index (χ4n) is 3.13. The molecule has 2 fully saturated rings. The Labute approximate surface area is 133 Å². The van der Waals surface area contributed by atoms with Crippen LogP contribution in [0.2, 0.25) is 10.0 Å². The zero-order valence-electron chi connectivity index (χ0n) is 11.5. The Kier molecular flexibility index (Phi) is 3.84. The van der Waals surface area contributed by atoms with Gasteiger partial charge in [-0.2, -0.15) is 0 Å². The maximum Gasteiger partial charge on any atom is 0.255 e. The number of piperidine rings is 1. The van der Waals surface area contributed by atoms with Gasteiger partial charge in [0.05, 0.1) is 15.6 Å². The van der Waals surface area contributed by atoms with Crippen molar-refractivity contribution in [1.29, 1.82) is 0 Å². The van der Waals surface area contributed by atoms with Gasteiger partial charge in [0.1, 0.15) is 0 Å². The summed E-state index contributed by atoms with van der Waals surface area (Å²) in [7, 11) is 0. The largest absolute Gasteiger partial charge is 0.356 e. The van der Waals surface area contributed by atoms with Crippen LogP contribution in [0.15, 0.2) is 18.2 Å². The summed E-state index contributed by atoms with van der Waals surface area (Å²) in [6.07, 6.45) is 2.26. The van der Waals surface area contributed by atoms with E-state index >= 15 is 0 Å². The Hall–Kier alpha value is -1.26. The predicted octanol–water partition coefficient (Wildman–Crippen LogP) is 2.74. The van der Waals surface area contributed by atoms with Gasteiger partial charge in [-0.05, 0) is 30.4 Å². The number of hydrogen-bond acceptors (Lipinski definition) is 2. The van der Waals surface area contributed by atoms with E-state index in [1.807, 2.05) is 0 Å². The van der Waals surface area contributed by atoms with E-state index in [4.69, 9.17) is 23.2 Å². The van der Waals surface area contributed by atoms with Gasteiger partial charge in [-0.25, -0.2) is 0 Å². The molecule has 2 heterocycles. The van der Waals surface area contributed by atoms with Crippen LogP contribution in [-0.2, 0) is 4.79 Å². The number of carbonyl (C=O) groups excluding carboxylic acids is 2. The number of carbonyl (C=O) groups is 2. The molecule has 1 N–H and O–H groups in total. The average molecular weight is 327 g/mol. The van der Waals surface area contributed by atoms with Crippen molar-refractivity contribution in [2.75, 3.05) is 19.6 Å². The molecule has 4 nitrogen and oxygen atoms in total. The van der Waals surface area contributed by atoms with Crippen LogP contribution in [0.25, 0.3) is 0 Å². The summed E-state index contributed by atoms with van der Waals surface area (Å²) in [5.41, 5.74) is 0.479. The third-order valence-electron chi connectivity index (χ3n) is 4.49. The lowest BCUT2D eigenvalue weighted by atomic mass is 9.77. The minimum absolute atomic E-state index is 0.0337. The first-order chi connectivity index (χ1) is 10.0. The Morgan fingerprint density at radius 3 is 2.57 bits per heavy atom. The Bertz CT molecular complexity index is 595. The highest BCUT2D eigenvalue weighted by Crippen LogP contribution is 2.38. The molecule has 3 rings (SSSR count). The minimum Gasteiger partial charge on any atom is -0.356 e. The van der Waals surface area contributed by atoms with Crippen LogP contribution in [0.3, 0.4) is 0 Å². The molecule has 2 aliphatic rings. The number of benzene rings is 1. The molecule has 0 aliphatic carbocycles. The molecule has 2 saturated heterocycles. The molecule has 1 spiro atoms. The molecule has 6 heteroatoms. The molecule has 112 valence electrons. The minimum atomic E-state index is -0.0883. The van der Waals surface area contributed by atoms with E-state index in [0.29, 0.717) is 35.1 Å². The molecule has 2 aliphatic heterocycles. The maximum absolute atomic E-state index is 12.5. The average Bonchev–Trinajstić information content (AvgIpc) is 2.83. The van der Waals surface area contributed by atoms with Gasteiger partial charge >= 0.3 is 0 Å². The van der Waals surface area contributed by atoms with E-state index in [-0.39, 0.29) is 17.2 Å². The van der Waals surface area contributed by atoms with Gasteiger partial charge in [0, 0.05) is 26.1 Å². The Morgan fingerprint density at radius 1 is 1.24 bits per heavy atom. The summed E-state index contributed by atoms with van der Waals surface area (Å²) in [5, 5.41) is 3.59. The molecule has 0 unspecified atom stereocenters. The van der Waals surface area contributed by atoms with E-state index in [1.165, 1.54) is 0 Å². The maximum atomic E-state index is 12.5. The van der Waals surface area contributed by atoms with Crippen LogP contribution in [-0.4, -0.2) is 36.3 Å². The quantitative estimate of drug-likeness (QED) is 0.862. The molecule has 0 saturated carbocycles. The SMILES string of the molecule is O=C1CC2(CCN(C(=O)c3cccc(Cl)c3Cl)CC2)CN1. The van der Waals surface area contributed by atoms with Crippen LogP contribution >= 0.6 is 23.2 Å². The van der Waals surface area contributed by atoms with Gasteiger partial charge in [-0.15, -0.1) is 0 Å². The van der Waals surface area contributed by atoms with Crippen molar-refractivity contribution in [3.05, 3.63) is 33.8 Å². The molecular formula is C15H16Cl2N2O2. The molecular weight excluding hydrogens is 311 g/mol. The monoisotopic (exact) mass is 326 g/mol. The van der Waals surface area contributed by atoms with Crippen molar-refractivity contribution in [1.82, 2.24) is 10.2 Å². The van der Waals surface area contributed by atoms with Crippen LogP contribution in [0.4, 0.5) is 0 Å². The van der Waals surface area contributed by atoms with Gasteiger partial charge in [-0.1, -0.05) is 29.3 Å². The zero-order valence-corrected chi connectivity index (χ0v) is 13.0. The molecule has 0 radical (unpaired) electrons. The number of rotatable bonds is 1. The highest BCUT2D eigenvalue weighted by Gasteiger charge is 2.41. The standard InChI is InChI=1S/C15H16Cl2N2O2/c16-11-3-1-2-10(13(11)17)14(21)19-6-4-15(5-7-19)8-12(20)18-9-15/h1-3H,4-9H2,(H,18,20). The van der Waals surface area contributed by atoms with Crippen LogP contribution in [0, 0.1) is 5.41 Å². The second-order valence-electron chi connectivity index (χ2n) is 5.85. The van der Waals surface area contributed by atoms with E-state index in [2.05, 4.69) is 5.32 Å². The highest BCUT2D eigenvalue weighted by atomic mass is 35.5. The van der Waals surface area contributed by atoms with Crippen molar-refractivity contribution in [3.8, 4) is 0 Å². The first-order valence-corrected chi connectivity index (χ1v) is 7.76. The van der Waals surface area contributed by atoms with Crippen molar-refractivity contribution in [2.24, 2.45) is 5.41 Å². The number of likely N-dealkylation sites (tertiary alicyclic amines) is 1. The van der Waals surface area contributed by atoms with Gasteiger partial charge in [0.15, 0.2) is 0 Å². The lowest BCUT2D eigenvalue weighted by Crippen LogP contribution is -2.44. The van der Waals surface area contributed by atoms with Gasteiger partial charge in [-0.3, -0.25) is 9.59 Å². The summed E-state index contributed by atoms with van der Waals surface area (Å²) >= 11 is 12.1. The van der Waals surface area contributed by atoms with Crippen molar-refractivity contribution < 1.29 is 9.59 Å². The summed E-state index contributed by atoms with van der Waals surface area (Å²) < 4.78 is 0. The Balaban J connectivity index is 1.71. The summed E-state index contributed by atoms with van der Waals surface area (Å²) in [6, 6.07) is 5.09. The van der Waals surface area contributed by atoms with Gasteiger partial charge in [0.25, 0.3) is 5.91 Å². The van der Waals surface area contributed by atoms with Crippen LogP contribution in [0.5, 0.6) is 0 Å². The molecule has 0 bridgehead atoms. The second-order valence-corrected chi connectivity index (χ2v) is 6.63. The fourth-order valence-corrected chi connectivity index (χ4v) is 3.51. The first-order valence-electron chi connectivity index (χ1n) is 7.01. The smallest absolute Gasteiger partial charge is 0.255 e. The topological polar surface area (TPSA) is 49.4 Å². The summed E-state index contributed by atoms with van der Waals surface area (Å²) in [5.74, 6) is 0.0299. The fraction of sp³-hybridized carbons (Fsp3) is 0.467. The zero-order chi connectivity index (χ0) is 15.0. The van der Waals surface area contributed by atoms with Crippen LogP contribution < -0.4 is 5.32 Å². The molecule has 21 heavy (non-hydrogen) atoms.